The summed E-state index contributed by atoms with van der Waals surface area (Å²) in [6.07, 6.45) is 6.68. The van der Waals surface area contributed by atoms with Gasteiger partial charge in [-0.25, -0.2) is 0 Å². The maximum Gasteiger partial charge on any atom is 0.205 e. The fourth-order valence-electron chi connectivity index (χ4n) is 2.28. The van der Waals surface area contributed by atoms with E-state index in [1.54, 1.807) is 16.8 Å². The lowest BCUT2D eigenvalue weighted by Gasteiger charge is -2.31. The molecule has 14 heavy (non-hydrogen) atoms. The topological polar surface area (TPSA) is 37.8 Å². The highest BCUT2D eigenvalue weighted by molar-refractivity contribution is 7.13. The molecule has 1 N–H and O–H groups in total. The van der Waals surface area contributed by atoms with Crippen molar-refractivity contribution in [2.24, 2.45) is 5.92 Å². The lowest BCUT2D eigenvalue weighted by molar-refractivity contribution is 0.317. The molecule has 1 fully saturated rings. The lowest BCUT2D eigenvalue weighted by Crippen LogP contribution is -2.31. The Morgan fingerprint density at radius 1 is 1.50 bits per heavy atom. The van der Waals surface area contributed by atoms with E-state index in [9.17, 15) is 0 Å². The molecule has 0 saturated heterocycles. The van der Waals surface area contributed by atoms with E-state index in [4.69, 9.17) is 0 Å². The van der Waals surface area contributed by atoms with Gasteiger partial charge in [0.1, 0.15) is 5.51 Å². The standard InChI is InChI=1S/C10H17N3S/c1-2-8-5-3-4-6-9(8)12-10-13-11-7-14-10/h7-9H,2-6H2,1H3,(H,12,13). The summed E-state index contributed by atoms with van der Waals surface area (Å²) in [5, 5.41) is 12.4. The second-order valence-corrected chi connectivity index (χ2v) is 4.78. The highest BCUT2D eigenvalue weighted by Crippen LogP contribution is 2.29. The van der Waals surface area contributed by atoms with Gasteiger partial charge in [0.25, 0.3) is 0 Å². The van der Waals surface area contributed by atoms with Crippen LogP contribution in [0.4, 0.5) is 5.13 Å². The van der Waals surface area contributed by atoms with Crippen LogP contribution in [0.3, 0.4) is 0 Å². The molecule has 2 unspecified atom stereocenters. The van der Waals surface area contributed by atoms with Gasteiger partial charge in [-0.15, -0.1) is 10.2 Å². The molecule has 2 rings (SSSR count). The summed E-state index contributed by atoms with van der Waals surface area (Å²) in [6.45, 7) is 2.28. The van der Waals surface area contributed by atoms with Crippen molar-refractivity contribution >= 4 is 16.5 Å². The molecule has 4 heteroatoms. The number of nitrogens with one attached hydrogen (secondary N) is 1. The minimum Gasteiger partial charge on any atom is -0.357 e. The average Bonchev–Trinajstić information content (AvgIpc) is 2.71. The molecule has 1 heterocycles. The molecule has 1 aliphatic carbocycles. The first-order chi connectivity index (χ1) is 6.90. The van der Waals surface area contributed by atoms with Crippen LogP contribution in [0.1, 0.15) is 39.0 Å². The van der Waals surface area contributed by atoms with Crippen LogP contribution < -0.4 is 5.32 Å². The molecule has 1 aliphatic rings. The van der Waals surface area contributed by atoms with Gasteiger partial charge in [0, 0.05) is 6.04 Å². The lowest BCUT2D eigenvalue weighted by atomic mass is 9.83. The molecule has 0 aliphatic heterocycles. The molecule has 1 aromatic heterocycles. The van der Waals surface area contributed by atoms with E-state index in [-0.39, 0.29) is 0 Å². The van der Waals surface area contributed by atoms with Gasteiger partial charge in [-0.2, -0.15) is 0 Å². The summed E-state index contributed by atoms with van der Waals surface area (Å²) < 4.78 is 0. The minimum absolute atomic E-state index is 0.627. The molecule has 2 atom stereocenters. The van der Waals surface area contributed by atoms with Crippen LogP contribution in [0.5, 0.6) is 0 Å². The van der Waals surface area contributed by atoms with E-state index in [1.807, 2.05) is 0 Å². The van der Waals surface area contributed by atoms with Gasteiger partial charge in [-0.05, 0) is 18.8 Å². The Morgan fingerprint density at radius 3 is 3.07 bits per heavy atom. The van der Waals surface area contributed by atoms with E-state index in [2.05, 4.69) is 22.4 Å². The van der Waals surface area contributed by atoms with Crippen molar-refractivity contribution in [3.63, 3.8) is 0 Å². The summed E-state index contributed by atoms with van der Waals surface area (Å²) in [4.78, 5) is 0. The van der Waals surface area contributed by atoms with Gasteiger partial charge >= 0.3 is 0 Å². The molecular formula is C10H17N3S. The van der Waals surface area contributed by atoms with Crippen molar-refractivity contribution < 1.29 is 0 Å². The summed E-state index contributed by atoms with van der Waals surface area (Å²) >= 11 is 1.60. The third-order valence-corrected chi connectivity index (χ3v) is 3.72. The highest BCUT2D eigenvalue weighted by Gasteiger charge is 2.23. The van der Waals surface area contributed by atoms with Crippen molar-refractivity contribution in [1.29, 1.82) is 0 Å². The minimum atomic E-state index is 0.627. The van der Waals surface area contributed by atoms with Crippen LogP contribution in [0, 0.1) is 5.92 Å². The van der Waals surface area contributed by atoms with E-state index in [0.717, 1.165) is 11.0 Å². The summed E-state index contributed by atoms with van der Waals surface area (Å²) in [5.41, 5.74) is 1.78. The molecule has 3 nitrogen and oxygen atoms in total. The predicted molar refractivity (Wildman–Crippen MR) is 59.6 cm³/mol. The molecule has 0 bridgehead atoms. The first kappa shape index (κ1) is 9.90. The molecule has 0 aromatic carbocycles. The predicted octanol–water partition coefficient (Wildman–Crippen LogP) is 2.92. The third kappa shape index (κ3) is 2.23. The largest absolute Gasteiger partial charge is 0.357 e. The van der Waals surface area contributed by atoms with Crippen LogP contribution in [0.25, 0.3) is 0 Å². The van der Waals surface area contributed by atoms with Crippen molar-refractivity contribution in [3.05, 3.63) is 5.51 Å². The Labute approximate surface area is 88.9 Å². The van der Waals surface area contributed by atoms with E-state index in [1.165, 1.54) is 32.1 Å². The molecule has 78 valence electrons. The summed E-state index contributed by atoms with van der Waals surface area (Å²) in [6, 6.07) is 0.627. The van der Waals surface area contributed by atoms with Crippen LogP contribution in [-0.4, -0.2) is 16.2 Å². The Morgan fingerprint density at radius 2 is 2.36 bits per heavy atom. The monoisotopic (exact) mass is 211 g/mol. The average molecular weight is 211 g/mol. The molecule has 0 spiro atoms. The fraction of sp³-hybridized carbons (Fsp3) is 0.800. The van der Waals surface area contributed by atoms with Crippen molar-refractivity contribution in [2.75, 3.05) is 5.32 Å². The number of rotatable bonds is 3. The number of aromatic nitrogens is 2. The molecule has 0 amide bonds. The second kappa shape index (κ2) is 4.73. The Bertz CT molecular complexity index is 260. The number of anilines is 1. The van der Waals surface area contributed by atoms with Gasteiger partial charge in [0.2, 0.25) is 5.13 Å². The van der Waals surface area contributed by atoms with Crippen LogP contribution in [0.2, 0.25) is 0 Å². The Balaban J connectivity index is 1.94. The maximum atomic E-state index is 4.04. The molecule has 1 saturated carbocycles. The van der Waals surface area contributed by atoms with Gasteiger partial charge in [0.15, 0.2) is 0 Å². The summed E-state index contributed by atoms with van der Waals surface area (Å²) in [5.74, 6) is 0.827. The SMILES string of the molecule is CCC1CCCCC1Nc1nncs1. The van der Waals surface area contributed by atoms with Gasteiger partial charge < -0.3 is 5.32 Å². The summed E-state index contributed by atoms with van der Waals surface area (Å²) in [7, 11) is 0. The normalized spacial score (nSPS) is 27.5. The molecule has 0 radical (unpaired) electrons. The number of hydrogen-bond acceptors (Lipinski definition) is 4. The highest BCUT2D eigenvalue weighted by atomic mass is 32.1. The molecular weight excluding hydrogens is 194 g/mol. The second-order valence-electron chi connectivity index (χ2n) is 3.95. The zero-order chi connectivity index (χ0) is 9.80. The maximum absolute atomic E-state index is 4.04. The van der Waals surface area contributed by atoms with Gasteiger partial charge in [-0.3, -0.25) is 0 Å². The molecule has 1 aromatic rings. The number of hydrogen-bond donors (Lipinski definition) is 1. The van der Waals surface area contributed by atoms with Crippen LogP contribution in [-0.2, 0) is 0 Å². The Hall–Kier alpha value is -0.640. The number of nitrogens with zero attached hydrogens (tertiary/aromatic N) is 2. The third-order valence-electron chi connectivity index (χ3n) is 3.10. The van der Waals surface area contributed by atoms with Crippen LogP contribution in [0.15, 0.2) is 5.51 Å². The van der Waals surface area contributed by atoms with E-state index in [0.29, 0.717) is 6.04 Å². The smallest absolute Gasteiger partial charge is 0.205 e. The first-order valence-corrected chi connectivity index (χ1v) is 6.31. The quantitative estimate of drug-likeness (QED) is 0.835. The van der Waals surface area contributed by atoms with Crippen molar-refractivity contribution in [2.45, 2.75) is 45.1 Å². The van der Waals surface area contributed by atoms with Crippen molar-refractivity contribution in [3.8, 4) is 0 Å². The van der Waals surface area contributed by atoms with Crippen LogP contribution >= 0.6 is 11.3 Å². The Kier molecular flexibility index (Phi) is 3.35. The van der Waals surface area contributed by atoms with E-state index < -0.39 is 0 Å². The fourth-order valence-corrected chi connectivity index (χ4v) is 2.79. The van der Waals surface area contributed by atoms with E-state index >= 15 is 0 Å². The zero-order valence-electron chi connectivity index (χ0n) is 8.57. The van der Waals surface area contributed by atoms with Crippen molar-refractivity contribution in [1.82, 2.24) is 10.2 Å². The zero-order valence-corrected chi connectivity index (χ0v) is 9.39. The van der Waals surface area contributed by atoms with Gasteiger partial charge in [-0.1, -0.05) is 37.5 Å². The first-order valence-electron chi connectivity index (χ1n) is 5.43. The van der Waals surface area contributed by atoms with Gasteiger partial charge in [0.05, 0.1) is 0 Å².